The normalized spacial score (nSPS) is 10.2. The summed E-state index contributed by atoms with van der Waals surface area (Å²) in [6.45, 7) is 2.51. The molecule has 2 aromatic rings. The Morgan fingerprint density at radius 3 is 2.82 bits per heavy atom. The van der Waals surface area contributed by atoms with Crippen LogP contribution in [0.15, 0.2) is 24.8 Å². The number of ether oxygens (including phenoxy) is 1. The van der Waals surface area contributed by atoms with Gasteiger partial charge in [0.2, 0.25) is 0 Å². The minimum absolute atomic E-state index is 0.222. The Balaban J connectivity index is 2.23. The summed E-state index contributed by atoms with van der Waals surface area (Å²) in [5.41, 5.74) is 5.92. The summed E-state index contributed by atoms with van der Waals surface area (Å²) in [4.78, 5) is 8.46. The molecule has 0 unspecified atom stereocenters. The van der Waals surface area contributed by atoms with Crippen molar-refractivity contribution in [1.29, 1.82) is 0 Å². The largest absolute Gasteiger partial charge is 0.491 e. The Hall–Kier alpha value is -2.02. The Bertz CT molecular complexity index is 522. The molecule has 7 heteroatoms. The van der Waals surface area contributed by atoms with E-state index in [-0.39, 0.29) is 4.99 Å². The van der Waals surface area contributed by atoms with Gasteiger partial charge in [-0.05, 0) is 6.92 Å². The Kier molecular flexibility index (Phi) is 3.29. The van der Waals surface area contributed by atoms with E-state index in [1.807, 2.05) is 6.92 Å². The molecule has 2 rings (SSSR count). The molecule has 2 aromatic heterocycles. The van der Waals surface area contributed by atoms with E-state index in [4.69, 9.17) is 22.7 Å². The van der Waals surface area contributed by atoms with Crippen LogP contribution in [-0.4, -0.2) is 31.3 Å². The molecule has 0 bridgehead atoms. The minimum atomic E-state index is 0.222. The van der Waals surface area contributed by atoms with Crippen LogP contribution >= 0.6 is 12.2 Å². The lowest BCUT2D eigenvalue weighted by Crippen LogP contribution is -2.12. The van der Waals surface area contributed by atoms with Gasteiger partial charge in [-0.2, -0.15) is 5.10 Å². The predicted molar refractivity (Wildman–Crippen MR) is 66.2 cm³/mol. The van der Waals surface area contributed by atoms with Gasteiger partial charge >= 0.3 is 0 Å². The van der Waals surface area contributed by atoms with Gasteiger partial charge in [-0.3, -0.25) is 0 Å². The molecule has 0 fully saturated rings. The maximum absolute atomic E-state index is 5.43. The molecular weight excluding hydrogens is 238 g/mol. The molecule has 0 aliphatic heterocycles. The molecule has 0 aromatic carbocycles. The average molecular weight is 249 g/mol. The molecular formula is C10H11N5OS. The highest BCUT2D eigenvalue weighted by Crippen LogP contribution is 2.11. The lowest BCUT2D eigenvalue weighted by atomic mass is 10.4. The fourth-order valence-electron chi connectivity index (χ4n) is 1.24. The van der Waals surface area contributed by atoms with Gasteiger partial charge in [0.15, 0.2) is 11.6 Å². The van der Waals surface area contributed by atoms with Gasteiger partial charge in [0.1, 0.15) is 10.7 Å². The molecule has 0 saturated carbocycles. The van der Waals surface area contributed by atoms with Gasteiger partial charge in [-0.1, -0.05) is 12.2 Å². The number of thiocarbonyl (C=S) groups is 1. The maximum Gasteiger partial charge on any atom is 0.171 e. The van der Waals surface area contributed by atoms with Gasteiger partial charge < -0.3 is 10.5 Å². The van der Waals surface area contributed by atoms with Crippen molar-refractivity contribution < 1.29 is 4.74 Å². The van der Waals surface area contributed by atoms with Crippen molar-refractivity contribution >= 4 is 17.2 Å². The number of hydrogen-bond acceptors (Lipinski definition) is 5. The van der Waals surface area contributed by atoms with E-state index >= 15 is 0 Å². The van der Waals surface area contributed by atoms with Crippen LogP contribution in [0.1, 0.15) is 12.6 Å². The first-order chi connectivity index (χ1) is 8.20. The lowest BCUT2D eigenvalue weighted by Gasteiger charge is -2.00. The number of aromatic nitrogens is 4. The molecule has 17 heavy (non-hydrogen) atoms. The van der Waals surface area contributed by atoms with Crippen molar-refractivity contribution in [2.24, 2.45) is 5.73 Å². The zero-order valence-electron chi connectivity index (χ0n) is 9.20. The van der Waals surface area contributed by atoms with E-state index in [1.165, 1.54) is 6.20 Å². The van der Waals surface area contributed by atoms with Crippen LogP contribution in [0.4, 0.5) is 0 Å². The zero-order valence-corrected chi connectivity index (χ0v) is 10.0. The fraction of sp³-hybridized carbons (Fsp3) is 0.200. The van der Waals surface area contributed by atoms with Gasteiger partial charge in [0.05, 0.1) is 31.4 Å². The number of hydrogen-bond donors (Lipinski definition) is 1. The minimum Gasteiger partial charge on any atom is -0.491 e. The Labute approximate surface area is 103 Å². The third-order valence-electron chi connectivity index (χ3n) is 2.00. The average Bonchev–Trinajstić information content (AvgIpc) is 2.78. The summed E-state index contributed by atoms with van der Waals surface area (Å²) in [7, 11) is 0. The standard InChI is InChI=1S/C10H11N5OS/c1-2-16-7-3-14-15(6-7)9-5-12-8(4-13-9)10(11)17/h3-6H,2H2,1H3,(H2,11,17). The van der Waals surface area contributed by atoms with E-state index in [0.717, 1.165) is 0 Å². The monoisotopic (exact) mass is 249 g/mol. The van der Waals surface area contributed by atoms with Gasteiger partial charge in [-0.25, -0.2) is 14.6 Å². The molecule has 0 spiro atoms. The van der Waals surface area contributed by atoms with Crippen LogP contribution in [0.3, 0.4) is 0 Å². The van der Waals surface area contributed by atoms with E-state index in [1.54, 1.807) is 23.3 Å². The summed E-state index contributed by atoms with van der Waals surface area (Å²) < 4.78 is 6.87. The maximum atomic E-state index is 5.43. The smallest absolute Gasteiger partial charge is 0.171 e. The van der Waals surface area contributed by atoms with E-state index < -0.39 is 0 Å². The quantitative estimate of drug-likeness (QED) is 0.803. The highest BCUT2D eigenvalue weighted by molar-refractivity contribution is 7.80. The molecule has 0 radical (unpaired) electrons. The highest BCUT2D eigenvalue weighted by Gasteiger charge is 2.04. The van der Waals surface area contributed by atoms with Crippen molar-refractivity contribution in [2.45, 2.75) is 6.92 Å². The van der Waals surface area contributed by atoms with E-state index in [9.17, 15) is 0 Å². The Morgan fingerprint density at radius 1 is 1.41 bits per heavy atom. The molecule has 0 aliphatic rings. The third kappa shape index (κ3) is 2.56. The van der Waals surface area contributed by atoms with E-state index in [2.05, 4.69) is 15.1 Å². The fourth-order valence-corrected chi connectivity index (χ4v) is 1.34. The Morgan fingerprint density at radius 2 is 2.24 bits per heavy atom. The van der Waals surface area contributed by atoms with Gasteiger partial charge in [-0.15, -0.1) is 0 Å². The molecule has 88 valence electrons. The summed E-state index contributed by atoms with van der Waals surface area (Å²) in [5.74, 6) is 1.27. The molecule has 2 heterocycles. The van der Waals surface area contributed by atoms with Crippen LogP contribution in [-0.2, 0) is 0 Å². The SMILES string of the molecule is CCOc1cnn(-c2cnc(C(N)=S)cn2)c1. The molecule has 2 N–H and O–H groups in total. The topological polar surface area (TPSA) is 78.8 Å². The first-order valence-electron chi connectivity index (χ1n) is 5.00. The second-order valence-corrected chi connectivity index (χ2v) is 3.62. The highest BCUT2D eigenvalue weighted by atomic mass is 32.1. The second-order valence-electron chi connectivity index (χ2n) is 3.18. The summed E-state index contributed by atoms with van der Waals surface area (Å²) in [6, 6.07) is 0. The van der Waals surface area contributed by atoms with Crippen molar-refractivity contribution in [2.75, 3.05) is 6.61 Å². The first kappa shape index (κ1) is 11.5. The molecule has 0 amide bonds. The van der Waals surface area contributed by atoms with Crippen molar-refractivity contribution in [3.63, 3.8) is 0 Å². The first-order valence-corrected chi connectivity index (χ1v) is 5.41. The van der Waals surface area contributed by atoms with Crippen LogP contribution in [0.5, 0.6) is 5.75 Å². The van der Waals surface area contributed by atoms with Crippen LogP contribution < -0.4 is 10.5 Å². The van der Waals surface area contributed by atoms with E-state index in [0.29, 0.717) is 23.9 Å². The van der Waals surface area contributed by atoms with Gasteiger partial charge in [0, 0.05) is 0 Å². The molecule has 6 nitrogen and oxygen atoms in total. The summed E-state index contributed by atoms with van der Waals surface area (Å²) in [6.07, 6.45) is 6.41. The van der Waals surface area contributed by atoms with Crippen LogP contribution in [0.2, 0.25) is 0 Å². The number of nitrogens with zero attached hydrogens (tertiary/aromatic N) is 4. The van der Waals surface area contributed by atoms with Crippen molar-refractivity contribution in [3.8, 4) is 11.6 Å². The summed E-state index contributed by atoms with van der Waals surface area (Å²) >= 11 is 4.79. The van der Waals surface area contributed by atoms with Crippen molar-refractivity contribution in [3.05, 3.63) is 30.5 Å². The lowest BCUT2D eigenvalue weighted by molar-refractivity contribution is 0.340. The second kappa shape index (κ2) is 4.88. The number of nitrogens with two attached hydrogens (primary N) is 1. The summed E-state index contributed by atoms with van der Waals surface area (Å²) in [5, 5.41) is 4.10. The molecule has 0 atom stereocenters. The number of rotatable bonds is 4. The molecule has 0 aliphatic carbocycles. The predicted octanol–water partition coefficient (Wildman–Crippen LogP) is 0.695. The zero-order chi connectivity index (χ0) is 12.3. The van der Waals surface area contributed by atoms with Gasteiger partial charge in [0.25, 0.3) is 0 Å². The van der Waals surface area contributed by atoms with Crippen LogP contribution in [0, 0.1) is 0 Å². The van der Waals surface area contributed by atoms with Crippen LogP contribution in [0.25, 0.3) is 5.82 Å². The van der Waals surface area contributed by atoms with Crippen molar-refractivity contribution in [1.82, 2.24) is 19.7 Å². The third-order valence-corrected chi connectivity index (χ3v) is 2.20. The molecule has 0 saturated heterocycles.